The Bertz CT molecular complexity index is 1660. The SMILES string of the molecule is Cc1cc([N+](=O)[O-])ccc1-n1c(C)cc(/C=N\NC(=O)c2cc3c(ccc4ccccc43)o2)c1C. The van der Waals surface area contributed by atoms with Gasteiger partial charge >= 0.3 is 5.91 Å². The van der Waals surface area contributed by atoms with Crippen LogP contribution in [0.15, 0.2) is 76.2 Å². The van der Waals surface area contributed by atoms with Gasteiger partial charge in [0.05, 0.1) is 11.1 Å². The highest BCUT2D eigenvalue weighted by atomic mass is 16.6. The molecule has 174 valence electrons. The quantitative estimate of drug-likeness (QED) is 0.196. The highest BCUT2D eigenvalue weighted by Gasteiger charge is 2.16. The third-order valence-electron chi connectivity index (χ3n) is 6.12. The van der Waals surface area contributed by atoms with Crippen LogP contribution in [0.2, 0.25) is 0 Å². The van der Waals surface area contributed by atoms with E-state index in [1.54, 1.807) is 24.4 Å². The Morgan fingerprint density at radius 2 is 1.83 bits per heavy atom. The molecule has 0 aliphatic carbocycles. The zero-order chi connectivity index (χ0) is 24.7. The average molecular weight is 466 g/mol. The second-order valence-electron chi connectivity index (χ2n) is 8.40. The molecule has 1 N–H and O–H groups in total. The van der Waals surface area contributed by atoms with E-state index in [9.17, 15) is 14.9 Å². The minimum absolute atomic E-state index is 0.0526. The van der Waals surface area contributed by atoms with Crippen LogP contribution < -0.4 is 5.43 Å². The summed E-state index contributed by atoms with van der Waals surface area (Å²) in [5, 5.41) is 18.2. The summed E-state index contributed by atoms with van der Waals surface area (Å²) in [5.74, 6) is -0.262. The normalized spacial score (nSPS) is 11.5. The number of carbonyl (C=O) groups excluding carboxylic acids is 1. The van der Waals surface area contributed by atoms with E-state index in [-0.39, 0.29) is 11.4 Å². The highest BCUT2D eigenvalue weighted by molar-refractivity contribution is 6.08. The van der Waals surface area contributed by atoms with Crippen molar-refractivity contribution in [3.63, 3.8) is 0 Å². The second kappa shape index (κ2) is 8.57. The molecule has 0 spiro atoms. The highest BCUT2D eigenvalue weighted by Crippen LogP contribution is 2.28. The largest absolute Gasteiger partial charge is 0.451 e. The number of aromatic nitrogens is 1. The predicted octanol–water partition coefficient (Wildman–Crippen LogP) is 5.97. The number of nitrogens with zero attached hydrogens (tertiary/aromatic N) is 3. The number of furan rings is 1. The molecule has 0 aliphatic heterocycles. The summed E-state index contributed by atoms with van der Waals surface area (Å²) >= 11 is 0. The topological polar surface area (TPSA) is 103 Å². The molecule has 35 heavy (non-hydrogen) atoms. The van der Waals surface area contributed by atoms with Gasteiger partial charge in [-0.25, -0.2) is 5.43 Å². The maximum atomic E-state index is 12.7. The van der Waals surface area contributed by atoms with E-state index in [4.69, 9.17) is 4.42 Å². The van der Waals surface area contributed by atoms with Crippen LogP contribution >= 0.6 is 0 Å². The molecule has 0 bridgehead atoms. The maximum absolute atomic E-state index is 12.7. The molecule has 0 saturated carbocycles. The standard InChI is InChI=1S/C27H22N4O4/c1-16-12-21(31(33)34)9-10-24(16)30-17(2)13-20(18(30)3)15-28-29-27(32)26-14-23-22-7-5-4-6-19(22)8-11-25(23)35-26/h4-15H,1-3H3,(H,29,32)/b28-15-. The van der Waals surface area contributed by atoms with Crippen LogP contribution in [0.4, 0.5) is 5.69 Å². The lowest BCUT2D eigenvalue weighted by molar-refractivity contribution is -0.384. The van der Waals surface area contributed by atoms with E-state index >= 15 is 0 Å². The Labute approximate surface area is 200 Å². The van der Waals surface area contributed by atoms with Crippen molar-refractivity contribution in [3.8, 4) is 5.69 Å². The number of hydrogen-bond acceptors (Lipinski definition) is 5. The zero-order valence-corrected chi connectivity index (χ0v) is 19.4. The third-order valence-corrected chi connectivity index (χ3v) is 6.12. The van der Waals surface area contributed by atoms with Crippen molar-refractivity contribution in [1.82, 2.24) is 9.99 Å². The number of non-ortho nitro benzene ring substituents is 1. The molecule has 0 atom stereocenters. The van der Waals surface area contributed by atoms with Crippen LogP contribution in [-0.2, 0) is 0 Å². The van der Waals surface area contributed by atoms with Gasteiger partial charge in [-0.2, -0.15) is 5.10 Å². The molecule has 0 fully saturated rings. The molecule has 0 aliphatic rings. The molecule has 5 rings (SSSR count). The van der Waals surface area contributed by atoms with Crippen molar-refractivity contribution in [2.75, 3.05) is 0 Å². The predicted molar refractivity (Wildman–Crippen MR) is 135 cm³/mol. The monoisotopic (exact) mass is 466 g/mol. The molecule has 0 saturated heterocycles. The van der Waals surface area contributed by atoms with E-state index in [1.165, 1.54) is 6.07 Å². The fraction of sp³-hybridized carbons (Fsp3) is 0.111. The van der Waals surface area contributed by atoms with E-state index < -0.39 is 10.8 Å². The van der Waals surface area contributed by atoms with Gasteiger partial charge in [-0.1, -0.05) is 30.3 Å². The molecule has 2 heterocycles. The van der Waals surface area contributed by atoms with Crippen LogP contribution in [0.25, 0.3) is 27.4 Å². The number of hydrogen-bond donors (Lipinski definition) is 1. The van der Waals surface area contributed by atoms with Crippen LogP contribution in [0.3, 0.4) is 0 Å². The Morgan fingerprint density at radius 1 is 1.03 bits per heavy atom. The third kappa shape index (κ3) is 3.95. The van der Waals surface area contributed by atoms with Gasteiger partial charge in [0.25, 0.3) is 5.69 Å². The van der Waals surface area contributed by atoms with E-state index in [0.717, 1.165) is 44.4 Å². The Balaban J connectivity index is 1.38. The van der Waals surface area contributed by atoms with Crippen LogP contribution in [0.5, 0.6) is 0 Å². The summed E-state index contributed by atoms with van der Waals surface area (Å²) in [6, 6.07) is 20.2. The number of hydrazone groups is 1. The smallest absolute Gasteiger partial charge is 0.307 e. The van der Waals surface area contributed by atoms with Crippen molar-refractivity contribution in [2.24, 2.45) is 5.10 Å². The fourth-order valence-corrected chi connectivity index (χ4v) is 4.41. The van der Waals surface area contributed by atoms with E-state index in [1.807, 2.05) is 67.8 Å². The van der Waals surface area contributed by atoms with Crippen molar-refractivity contribution >= 4 is 39.6 Å². The van der Waals surface area contributed by atoms with Gasteiger partial charge in [-0.3, -0.25) is 14.9 Å². The molecular formula is C27H22N4O4. The lowest BCUT2D eigenvalue weighted by Gasteiger charge is -2.12. The zero-order valence-electron chi connectivity index (χ0n) is 19.4. The van der Waals surface area contributed by atoms with E-state index in [0.29, 0.717) is 5.58 Å². The van der Waals surface area contributed by atoms with Crippen LogP contribution in [0, 0.1) is 30.9 Å². The minimum atomic E-state index is -0.443. The molecule has 8 nitrogen and oxygen atoms in total. The Hall–Kier alpha value is -4.72. The van der Waals surface area contributed by atoms with Gasteiger partial charge in [0, 0.05) is 40.2 Å². The van der Waals surface area contributed by atoms with E-state index in [2.05, 4.69) is 10.5 Å². The van der Waals surface area contributed by atoms with Crippen molar-refractivity contribution in [2.45, 2.75) is 20.8 Å². The minimum Gasteiger partial charge on any atom is -0.451 e. The number of amides is 1. The lowest BCUT2D eigenvalue weighted by atomic mass is 10.1. The number of fused-ring (bicyclic) bond motifs is 3. The van der Waals surface area contributed by atoms with Crippen molar-refractivity contribution in [3.05, 3.63) is 105 Å². The first kappa shape index (κ1) is 22.1. The van der Waals surface area contributed by atoms with Crippen LogP contribution in [0.1, 0.15) is 33.1 Å². The van der Waals surface area contributed by atoms with Crippen molar-refractivity contribution < 1.29 is 14.1 Å². The number of benzene rings is 3. The van der Waals surface area contributed by atoms with Gasteiger partial charge in [-0.15, -0.1) is 0 Å². The van der Waals surface area contributed by atoms with Crippen molar-refractivity contribution in [1.29, 1.82) is 0 Å². The fourth-order valence-electron chi connectivity index (χ4n) is 4.41. The number of nitro benzene ring substituents is 1. The molecule has 0 radical (unpaired) electrons. The molecule has 5 aromatic rings. The number of aryl methyl sites for hydroxylation is 2. The number of nitro groups is 1. The maximum Gasteiger partial charge on any atom is 0.307 e. The number of rotatable bonds is 5. The van der Waals surface area contributed by atoms with Crippen LogP contribution in [-0.4, -0.2) is 21.6 Å². The molecule has 0 unspecified atom stereocenters. The first-order valence-electron chi connectivity index (χ1n) is 11.0. The molecule has 1 amide bonds. The van der Waals surface area contributed by atoms with Gasteiger partial charge in [0.15, 0.2) is 5.76 Å². The molecular weight excluding hydrogens is 444 g/mol. The lowest BCUT2D eigenvalue weighted by Crippen LogP contribution is -2.16. The number of carbonyl (C=O) groups is 1. The summed E-state index contributed by atoms with van der Waals surface area (Å²) in [4.78, 5) is 23.3. The average Bonchev–Trinajstić information content (AvgIpc) is 3.40. The molecule has 3 aromatic carbocycles. The summed E-state index contributed by atoms with van der Waals surface area (Å²) in [6.45, 7) is 5.72. The second-order valence-corrected chi connectivity index (χ2v) is 8.40. The summed E-state index contributed by atoms with van der Waals surface area (Å²) < 4.78 is 7.75. The van der Waals surface area contributed by atoms with Gasteiger partial charge < -0.3 is 8.98 Å². The molecule has 2 aromatic heterocycles. The Morgan fingerprint density at radius 3 is 2.60 bits per heavy atom. The molecule has 8 heteroatoms. The summed E-state index contributed by atoms with van der Waals surface area (Å²) in [5.41, 5.74) is 7.52. The van der Waals surface area contributed by atoms with Gasteiger partial charge in [0.2, 0.25) is 0 Å². The van der Waals surface area contributed by atoms with Gasteiger partial charge in [0.1, 0.15) is 5.58 Å². The first-order chi connectivity index (χ1) is 16.8. The Kier molecular flexibility index (Phi) is 5.41. The van der Waals surface area contributed by atoms with Gasteiger partial charge in [-0.05, 0) is 61.4 Å². The summed E-state index contributed by atoms with van der Waals surface area (Å²) in [6.07, 6.45) is 1.58. The summed E-state index contributed by atoms with van der Waals surface area (Å²) in [7, 11) is 0. The number of nitrogens with one attached hydrogen (secondary N) is 1. The first-order valence-corrected chi connectivity index (χ1v) is 11.0.